The van der Waals surface area contributed by atoms with Crippen LogP contribution in [0.15, 0.2) is 6.33 Å². The second kappa shape index (κ2) is 3.20. The van der Waals surface area contributed by atoms with Crippen LogP contribution in [-0.4, -0.2) is 21.0 Å². The van der Waals surface area contributed by atoms with Crippen molar-refractivity contribution >= 4 is 5.97 Å². The standard InChI is InChI=1S/C9H14N2O2/c1-6-8(11-5-10-6)9(2,3)4-7(12)13/h5H,4H2,1-3H3,(H,10,11)(H,12,13). The van der Waals surface area contributed by atoms with Crippen LogP contribution in [0.1, 0.15) is 31.7 Å². The van der Waals surface area contributed by atoms with Gasteiger partial charge in [-0.05, 0) is 6.92 Å². The Morgan fingerprint density at radius 2 is 2.31 bits per heavy atom. The third kappa shape index (κ3) is 2.08. The van der Waals surface area contributed by atoms with Gasteiger partial charge in [0.15, 0.2) is 0 Å². The molecule has 4 heteroatoms. The summed E-state index contributed by atoms with van der Waals surface area (Å²) in [4.78, 5) is 17.6. The van der Waals surface area contributed by atoms with E-state index in [1.807, 2.05) is 20.8 Å². The van der Waals surface area contributed by atoms with Gasteiger partial charge in [0.2, 0.25) is 0 Å². The first-order valence-corrected chi connectivity index (χ1v) is 4.16. The normalized spacial score (nSPS) is 11.6. The minimum Gasteiger partial charge on any atom is -0.481 e. The highest BCUT2D eigenvalue weighted by Crippen LogP contribution is 2.26. The SMILES string of the molecule is Cc1[nH]cnc1C(C)(C)CC(=O)O. The van der Waals surface area contributed by atoms with Gasteiger partial charge in [0.25, 0.3) is 0 Å². The summed E-state index contributed by atoms with van der Waals surface area (Å²) in [6, 6.07) is 0. The summed E-state index contributed by atoms with van der Waals surface area (Å²) in [7, 11) is 0. The number of rotatable bonds is 3. The zero-order valence-corrected chi connectivity index (χ0v) is 8.09. The Kier molecular flexibility index (Phi) is 2.40. The predicted octanol–water partition coefficient (Wildman–Crippen LogP) is 1.47. The molecule has 1 rings (SSSR count). The van der Waals surface area contributed by atoms with E-state index < -0.39 is 11.4 Å². The van der Waals surface area contributed by atoms with E-state index in [-0.39, 0.29) is 6.42 Å². The number of hydrogen-bond acceptors (Lipinski definition) is 2. The molecule has 0 radical (unpaired) electrons. The molecule has 13 heavy (non-hydrogen) atoms. The molecule has 2 N–H and O–H groups in total. The molecule has 0 spiro atoms. The van der Waals surface area contributed by atoms with Gasteiger partial charge in [-0.25, -0.2) is 4.98 Å². The summed E-state index contributed by atoms with van der Waals surface area (Å²) in [5.74, 6) is -0.799. The Balaban J connectivity index is 2.93. The van der Waals surface area contributed by atoms with Gasteiger partial charge in [-0.3, -0.25) is 4.79 Å². The minimum absolute atomic E-state index is 0.0959. The van der Waals surface area contributed by atoms with Gasteiger partial charge in [0.1, 0.15) is 0 Å². The molecule has 72 valence electrons. The fourth-order valence-corrected chi connectivity index (χ4v) is 1.50. The van der Waals surface area contributed by atoms with Crippen LogP contribution in [0.4, 0.5) is 0 Å². The summed E-state index contributed by atoms with van der Waals surface area (Å²) in [5, 5.41) is 8.70. The maximum Gasteiger partial charge on any atom is 0.304 e. The van der Waals surface area contributed by atoms with Crippen LogP contribution in [0, 0.1) is 6.92 Å². The third-order valence-corrected chi connectivity index (χ3v) is 2.06. The molecule has 0 amide bonds. The monoisotopic (exact) mass is 182 g/mol. The first kappa shape index (κ1) is 9.77. The summed E-state index contributed by atoms with van der Waals surface area (Å²) in [6.07, 6.45) is 1.69. The fraction of sp³-hybridized carbons (Fsp3) is 0.556. The quantitative estimate of drug-likeness (QED) is 0.743. The lowest BCUT2D eigenvalue weighted by Crippen LogP contribution is -2.23. The number of H-pyrrole nitrogens is 1. The van der Waals surface area contributed by atoms with E-state index in [2.05, 4.69) is 9.97 Å². The zero-order chi connectivity index (χ0) is 10.1. The highest BCUT2D eigenvalue weighted by atomic mass is 16.4. The van der Waals surface area contributed by atoms with Crippen molar-refractivity contribution in [3.63, 3.8) is 0 Å². The van der Waals surface area contributed by atoms with Crippen LogP contribution >= 0.6 is 0 Å². The van der Waals surface area contributed by atoms with Crippen molar-refractivity contribution in [2.75, 3.05) is 0 Å². The number of carboxylic acids is 1. The third-order valence-electron chi connectivity index (χ3n) is 2.06. The van der Waals surface area contributed by atoms with E-state index in [1.165, 1.54) is 0 Å². The molecule has 0 saturated carbocycles. The Morgan fingerprint density at radius 1 is 1.69 bits per heavy atom. The first-order valence-electron chi connectivity index (χ1n) is 4.16. The first-order chi connectivity index (χ1) is 5.93. The second-order valence-corrected chi connectivity index (χ2v) is 3.83. The van der Waals surface area contributed by atoms with Gasteiger partial charge in [0.05, 0.1) is 18.4 Å². The maximum atomic E-state index is 10.6. The molecule has 0 saturated heterocycles. The van der Waals surface area contributed by atoms with Crippen molar-refractivity contribution in [2.45, 2.75) is 32.6 Å². The molecule has 4 nitrogen and oxygen atoms in total. The van der Waals surface area contributed by atoms with Crippen LogP contribution in [0.2, 0.25) is 0 Å². The van der Waals surface area contributed by atoms with Crippen LogP contribution in [-0.2, 0) is 10.2 Å². The van der Waals surface area contributed by atoms with Gasteiger partial charge < -0.3 is 10.1 Å². The van der Waals surface area contributed by atoms with E-state index in [9.17, 15) is 4.79 Å². The van der Waals surface area contributed by atoms with Crippen LogP contribution in [0.3, 0.4) is 0 Å². The predicted molar refractivity (Wildman–Crippen MR) is 48.6 cm³/mol. The van der Waals surface area contributed by atoms with E-state index in [1.54, 1.807) is 6.33 Å². The van der Waals surface area contributed by atoms with Crippen LogP contribution < -0.4 is 0 Å². The van der Waals surface area contributed by atoms with Gasteiger partial charge in [0, 0.05) is 11.1 Å². The topological polar surface area (TPSA) is 66.0 Å². The maximum absolute atomic E-state index is 10.6. The molecule has 0 aromatic carbocycles. The van der Waals surface area contributed by atoms with E-state index in [0.717, 1.165) is 11.4 Å². The molecular weight excluding hydrogens is 168 g/mol. The molecule has 0 aliphatic heterocycles. The molecular formula is C9H14N2O2. The number of imidazole rings is 1. The lowest BCUT2D eigenvalue weighted by atomic mass is 9.85. The number of carbonyl (C=O) groups is 1. The molecule has 0 atom stereocenters. The van der Waals surface area contributed by atoms with Crippen molar-refractivity contribution in [3.05, 3.63) is 17.7 Å². The fourth-order valence-electron chi connectivity index (χ4n) is 1.50. The number of aliphatic carboxylic acids is 1. The number of carboxylic acid groups (broad SMARTS) is 1. The Morgan fingerprint density at radius 3 is 2.69 bits per heavy atom. The average Bonchev–Trinajstić information content (AvgIpc) is 2.32. The molecule has 0 unspecified atom stereocenters. The lowest BCUT2D eigenvalue weighted by molar-refractivity contribution is -0.138. The molecule has 0 fully saturated rings. The van der Waals surface area contributed by atoms with Crippen molar-refractivity contribution in [2.24, 2.45) is 0 Å². The largest absolute Gasteiger partial charge is 0.481 e. The number of nitrogens with zero attached hydrogens (tertiary/aromatic N) is 1. The molecule has 1 heterocycles. The van der Waals surface area contributed by atoms with Crippen molar-refractivity contribution < 1.29 is 9.90 Å². The molecule has 0 aliphatic rings. The highest BCUT2D eigenvalue weighted by molar-refractivity contribution is 5.68. The molecule has 1 aromatic heterocycles. The number of aromatic nitrogens is 2. The molecule has 1 aromatic rings. The smallest absolute Gasteiger partial charge is 0.304 e. The average molecular weight is 182 g/mol. The summed E-state index contributed by atoms with van der Waals surface area (Å²) in [6.45, 7) is 5.65. The van der Waals surface area contributed by atoms with Crippen molar-refractivity contribution in [3.8, 4) is 0 Å². The Labute approximate surface area is 77.0 Å². The Bertz CT molecular complexity index is 315. The molecule has 0 aliphatic carbocycles. The zero-order valence-electron chi connectivity index (χ0n) is 8.09. The van der Waals surface area contributed by atoms with Gasteiger partial charge in [-0.1, -0.05) is 13.8 Å². The Hall–Kier alpha value is -1.32. The summed E-state index contributed by atoms with van der Waals surface area (Å²) in [5.41, 5.74) is 1.36. The van der Waals surface area contributed by atoms with Gasteiger partial charge in [-0.15, -0.1) is 0 Å². The van der Waals surface area contributed by atoms with Gasteiger partial charge >= 0.3 is 5.97 Å². The number of aryl methyl sites for hydroxylation is 1. The van der Waals surface area contributed by atoms with Gasteiger partial charge in [-0.2, -0.15) is 0 Å². The van der Waals surface area contributed by atoms with Crippen LogP contribution in [0.5, 0.6) is 0 Å². The number of nitrogens with one attached hydrogen (secondary N) is 1. The van der Waals surface area contributed by atoms with E-state index >= 15 is 0 Å². The molecule has 0 bridgehead atoms. The van der Waals surface area contributed by atoms with E-state index in [4.69, 9.17) is 5.11 Å². The number of aromatic amines is 1. The van der Waals surface area contributed by atoms with Crippen molar-refractivity contribution in [1.82, 2.24) is 9.97 Å². The highest BCUT2D eigenvalue weighted by Gasteiger charge is 2.27. The van der Waals surface area contributed by atoms with Crippen LogP contribution in [0.25, 0.3) is 0 Å². The summed E-state index contributed by atoms with van der Waals surface area (Å²) < 4.78 is 0. The van der Waals surface area contributed by atoms with Crippen molar-refractivity contribution in [1.29, 1.82) is 0 Å². The lowest BCUT2D eigenvalue weighted by Gasteiger charge is -2.20. The minimum atomic E-state index is -0.799. The second-order valence-electron chi connectivity index (χ2n) is 3.83. The summed E-state index contributed by atoms with van der Waals surface area (Å²) >= 11 is 0. The van der Waals surface area contributed by atoms with E-state index in [0.29, 0.717) is 0 Å². The number of hydrogen-bond donors (Lipinski definition) is 2.